The molecule has 0 amide bonds. The van der Waals surface area contributed by atoms with Crippen LogP contribution in [-0.4, -0.2) is 46.6 Å². The van der Waals surface area contributed by atoms with Gasteiger partial charge in [-0.25, -0.2) is 0 Å². The van der Waals surface area contributed by atoms with E-state index in [-0.39, 0.29) is 0 Å². The highest BCUT2D eigenvalue weighted by Crippen LogP contribution is 2.35. The van der Waals surface area contributed by atoms with Gasteiger partial charge in [0.05, 0.1) is 0 Å². The van der Waals surface area contributed by atoms with E-state index in [0.29, 0.717) is 11.1 Å². The highest BCUT2D eigenvalue weighted by Gasteiger charge is 2.40. The summed E-state index contributed by atoms with van der Waals surface area (Å²) < 4.78 is 0. The topological polar surface area (TPSA) is 6.48 Å². The summed E-state index contributed by atoms with van der Waals surface area (Å²) >= 11 is 0. The third kappa shape index (κ3) is 3.08. The lowest BCUT2D eigenvalue weighted by Gasteiger charge is -2.53. The van der Waals surface area contributed by atoms with Gasteiger partial charge in [0.1, 0.15) is 0 Å². The van der Waals surface area contributed by atoms with E-state index < -0.39 is 0 Å². The Kier molecular flexibility index (Phi) is 4.08. The minimum absolute atomic E-state index is 0.348. The lowest BCUT2D eigenvalue weighted by molar-refractivity contribution is -0.0348. The van der Waals surface area contributed by atoms with E-state index in [0.717, 1.165) is 6.04 Å². The molecule has 0 bridgehead atoms. The first-order valence-electron chi connectivity index (χ1n) is 7.82. The van der Waals surface area contributed by atoms with E-state index in [9.17, 15) is 0 Å². The number of likely N-dealkylation sites (tertiary alicyclic amines) is 2. The molecule has 2 aliphatic rings. The van der Waals surface area contributed by atoms with Gasteiger partial charge in [-0.3, -0.25) is 9.80 Å². The van der Waals surface area contributed by atoms with E-state index in [4.69, 9.17) is 0 Å². The van der Waals surface area contributed by atoms with Gasteiger partial charge in [-0.1, -0.05) is 6.42 Å². The van der Waals surface area contributed by atoms with Gasteiger partial charge in [0.2, 0.25) is 0 Å². The zero-order valence-electron chi connectivity index (χ0n) is 13.1. The normalized spacial score (nSPS) is 28.2. The minimum Gasteiger partial charge on any atom is -0.298 e. The predicted molar refractivity (Wildman–Crippen MR) is 79.0 cm³/mol. The summed E-state index contributed by atoms with van der Waals surface area (Å²) in [5, 5.41) is 0. The van der Waals surface area contributed by atoms with Crippen LogP contribution in [0.4, 0.5) is 0 Å². The largest absolute Gasteiger partial charge is 0.298 e. The molecule has 0 aromatic rings. The predicted octanol–water partition coefficient (Wildman–Crippen LogP) is 3.51. The van der Waals surface area contributed by atoms with Gasteiger partial charge in [-0.05, 0) is 73.4 Å². The van der Waals surface area contributed by atoms with Gasteiger partial charge < -0.3 is 0 Å². The molecule has 106 valence electrons. The van der Waals surface area contributed by atoms with Crippen LogP contribution >= 0.6 is 0 Å². The van der Waals surface area contributed by atoms with Crippen molar-refractivity contribution < 1.29 is 0 Å². The van der Waals surface area contributed by atoms with E-state index >= 15 is 0 Å². The molecule has 2 nitrogen and oxygen atoms in total. The fourth-order valence-corrected chi connectivity index (χ4v) is 3.74. The molecule has 2 fully saturated rings. The Hall–Kier alpha value is -0.0800. The second-order valence-corrected chi connectivity index (χ2v) is 7.87. The number of hydrogen-bond acceptors (Lipinski definition) is 2. The molecule has 1 atom stereocenters. The molecule has 0 N–H and O–H groups in total. The fraction of sp³-hybridized carbons (Fsp3) is 1.00. The summed E-state index contributed by atoms with van der Waals surface area (Å²) in [5.74, 6) is 0. The molecule has 0 aromatic heterocycles. The first-order valence-corrected chi connectivity index (χ1v) is 7.82. The Balaban J connectivity index is 1.91. The van der Waals surface area contributed by atoms with Crippen molar-refractivity contribution in [3.8, 4) is 0 Å². The maximum absolute atomic E-state index is 2.73. The first kappa shape index (κ1) is 14.3. The van der Waals surface area contributed by atoms with Crippen LogP contribution in [0.5, 0.6) is 0 Å². The fourth-order valence-electron chi connectivity index (χ4n) is 3.74. The Morgan fingerprint density at radius 3 is 1.94 bits per heavy atom. The van der Waals surface area contributed by atoms with Crippen LogP contribution in [0.15, 0.2) is 0 Å². The molecular weight excluding hydrogens is 220 g/mol. The van der Waals surface area contributed by atoms with Gasteiger partial charge in [-0.2, -0.15) is 0 Å². The zero-order valence-corrected chi connectivity index (χ0v) is 13.1. The minimum atomic E-state index is 0.348. The molecular formula is C16H32N2. The van der Waals surface area contributed by atoms with Crippen LogP contribution < -0.4 is 0 Å². The summed E-state index contributed by atoms with van der Waals surface area (Å²) in [6.07, 6.45) is 6.97. The SMILES string of the molecule is CC(C)(C)N1CCC1CC(C)(C)N1CCCCC1. The average Bonchev–Trinajstić information content (AvgIpc) is 2.23. The molecule has 0 radical (unpaired) electrons. The monoisotopic (exact) mass is 252 g/mol. The highest BCUT2D eigenvalue weighted by atomic mass is 15.3. The summed E-state index contributed by atoms with van der Waals surface area (Å²) in [6, 6.07) is 0.807. The molecule has 0 aromatic carbocycles. The van der Waals surface area contributed by atoms with Crippen molar-refractivity contribution in [3.63, 3.8) is 0 Å². The van der Waals surface area contributed by atoms with Gasteiger partial charge >= 0.3 is 0 Å². The lowest BCUT2D eigenvalue weighted by Crippen LogP contribution is -2.60. The van der Waals surface area contributed by atoms with Crippen LogP contribution in [0.3, 0.4) is 0 Å². The highest BCUT2D eigenvalue weighted by molar-refractivity contribution is 4.97. The standard InChI is InChI=1S/C16H32N2/c1-15(2,3)18-12-9-14(18)13-16(4,5)17-10-7-6-8-11-17/h14H,6-13H2,1-5H3. The van der Waals surface area contributed by atoms with Gasteiger partial charge in [0.25, 0.3) is 0 Å². The molecule has 2 aliphatic heterocycles. The average molecular weight is 252 g/mol. The summed E-state index contributed by atoms with van der Waals surface area (Å²) in [6.45, 7) is 15.9. The van der Waals surface area contributed by atoms with Gasteiger partial charge in [0, 0.05) is 23.7 Å². The molecule has 2 rings (SSSR count). The molecule has 0 spiro atoms. The Morgan fingerprint density at radius 2 is 1.50 bits per heavy atom. The molecule has 2 heterocycles. The third-order valence-electron chi connectivity index (χ3n) is 4.95. The number of piperidine rings is 1. The van der Waals surface area contributed by atoms with Crippen LogP contribution in [-0.2, 0) is 0 Å². The van der Waals surface area contributed by atoms with E-state index in [1.807, 2.05) is 0 Å². The zero-order chi connectivity index (χ0) is 13.4. The van der Waals surface area contributed by atoms with E-state index in [2.05, 4.69) is 44.4 Å². The van der Waals surface area contributed by atoms with Crippen molar-refractivity contribution in [3.05, 3.63) is 0 Å². The summed E-state index contributed by atoms with van der Waals surface area (Å²) in [4.78, 5) is 5.42. The van der Waals surface area contributed by atoms with E-state index in [1.54, 1.807) is 0 Å². The van der Waals surface area contributed by atoms with Crippen LogP contribution in [0, 0.1) is 0 Å². The van der Waals surface area contributed by atoms with Gasteiger partial charge in [0.15, 0.2) is 0 Å². The van der Waals surface area contributed by atoms with Gasteiger partial charge in [-0.15, -0.1) is 0 Å². The molecule has 1 unspecified atom stereocenters. The first-order chi connectivity index (χ1) is 8.31. The smallest absolute Gasteiger partial charge is 0.0168 e. The number of hydrogen-bond donors (Lipinski definition) is 0. The van der Waals surface area contributed by atoms with Crippen molar-refractivity contribution in [2.75, 3.05) is 19.6 Å². The van der Waals surface area contributed by atoms with Crippen molar-refractivity contribution >= 4 is 0 Å². The Bertz CT molecular complexity index is 271. The lowest BCUT2D eigenvalue weighted by atomic mass is 9.83. The van der Waals surface area contributed by atoms with E-state index in [1.165, 1.54) is 51.7 Å². The molecule has 0 saturated carbocycles. The Morgan fingerprint density at radius 1 is 0.889 bits per heavy atom. The van der Waals surface area contributed by atoms with Crippen molar-refractivity contribution in [2.24, 2.45) is 0 Å². The maximum atomic E-state index is 2.73. The van der Waals surface area contributed by atoms with Crippen LogP contribution in [0.1, 0.15) is 66.7 Å². The number of nitrogens with zero attached hydrogens (tertiary/aromatic N) is 2. The van der Waals surface area contributed by atoms with Crippen LogP contribution in [0.2, 0.25) is 0 Å². The molecule has 18 heavy (non-hydrogen) atoms. The van der Waals surface area contributed by atoms with Crippen molar-refractivity contribution in [2.45, 2.75) is 83.8 Å². The summed E-state index contributed by atoms with van der Waals surface area (Å²) in [5.41, 5.74) is 0.732. The summed E-state index contributed by atoms with van der Waals surface area (Å²) in [7, 11) is 0. The molecule has 0 aliphatic carbocycles. The third-order valence-corrected chi connectivity index (χ3v) is 4.95. The second-order valence-electron chi connectivity index (χ2n) is 7.87. The second kappa shape index (κ2) is 5.13. The van der Waals surface area contributed by atoms with Crippen LogP contribution in [0.25, 0.3) is 0 Å². The molecule has 2 saturated heterocycles. The quantitative estimate of drug-likeness (QED) is 0.758. The molecule has 2 heteroatoms. The van der Waals surface area contributed by atoms with Crippen molar-refractivity contribution in [1.82, 2.24) is 9.80 Å². The van der Waals surface area contributed by atoms with Crippen molar-refractivity contribution in [1.29, 1.82) is 0 Å². The number of rotatable bonds is 3. The maximum Gasteiger partial charge on any atom is 0.0168 e. The Labute approximate surface area is 114 Å².